The van der Waals surface area contributed by atoms with E-state index in [1.54, 1.807) is 0 Å². The van der Waals surface area contributed by atoms with E-state index in [0.717, 1.165) is 41.0 Å². The number of ether oxygens (including phenoxy) is 1. The standard InChI is InChI=1S/C11H15Br2N3O/c1-14-6-9-7-16(2-3-17-9)11-10(13)4-8(12)5-15-11/h4-5,9,14H,2-3,6-7H2,1H3. The number of halogens is 2. The van der Waals surface area contributed by atoms with E-state index in [9.17, 15) is 0 Å². The number of likely N-dealkylation sites (N-methyl/N-ethyl adjacent to an activating group) is 1. The highest BCUT2D eigenvalue weighted by Gasteiger charge is 2.22. The zero-order valence-corrected chi connectivity index (χ0v) is 12.8. The molecule has 17 heavy (non-hydrogen) atoms. The SMILES string of the molecule is CNCC1CN(c2ncc(Br)cc2Br)CCO1. The number of pyridine rings is 1. The molecule has 1 aliphatic rings. The Kier molecular flexibility index (Phi) is 4.78. The smallest absolute Gasteiger partial charge is 0.143 e. The van der Waals surface area contributed by atoms with E-state index in [1.807, 2.05) is 19.3 Å². The van der Waals surface area contributed by atoms with E-state index in [-0.39, 0.29) is 6.10 Å². The maximum Gasteiger partial charge on any atom is 0.143 e. The average Bonchev–Trinajstić information content (AvgIpc) is 2.29. The van der Waals surface area contributed by atoms with Crippen LogP contribution >= 0.6 is 31.9 Å². The lowest BCUT2D eigenvalue weighted by Crippen LogP contribution is -2.46. The zero-order chi connectivity index (χ0) is 12.3. The monoisotopic (exact) mass is 363 g/mol. The lowest BCUT2D eigenvalue weighted by Gasteiger charge is -2.34. The van der Waals surface area contributed by atoms with Gasteiger partial charge in [0, 0.05) is 30.3 Å². The third-order valence-corrected chi connectivity index (χ3v) is 3.68. The van der Waals surface area contributed by atoms with Crippen LogP contribution in [0.3, 0.4) is 0 Å². The van der Waals surface area contributed by atoms with Crippen LogP contribution in [0.25, 0.3) is 0 Å². The molecule has 0 saturated carbocycles. The van der Waals surface area contributed by atoms with Crippen molar-refractivity contribution in [3.05, 3.63) is 21.2 Å². The molecule has 2 heterocycles. The molecule has 0 amide bonds. The van der Waals surface area contributed by atoms with Gasteiger partial charge in [0.2, 0.25) is 0 Å². The van der Waals surface area contributed by atoms with Crippen molar-refractivity contribution in [3.63, 3.8) is 0 Å². The van der Waals surface area contributed by atoms with Gasteiger partial charge < -0.3 is 15.0 Å². The third kappa shape index (κ3) is 3.40. The maximum absolute atomic E-state index is 5.68. The van der Waals surface area contributed by atoms with Crippen molar-refractivity contribution >= 4 is 37.7 Å². The van der Waals surface area contributed by atoms with Crippen molar-refractivity contribution in [2.45, 2.75) is 6.10 Å². The Bertz CT molecular complexity index is 387. The second-order valence-electron chi connectivity index (χ2n) is 3.96. The van der Waals surface area contributed by atoms with E-state index in [0.29, 0.717) is 0 Å². The van der Waals surface area contributed by atoms with Gasteiger partial charge >= 0.3 is 0 Å². The minimum Gasteiger partial charge on any atom is -0.373 e. The molecule has 2 rings (SSSR count). The summed E-state index contributed by atoms with van der Waals surface area (Å²) in [5.74, 6) is 0.984. The van der Waals surface area contributed by atoms with Gasteiger partial charge in [-0.15, -0.1) is 0 Å². The molecule has 0 bridgehead atoms. The van der Waals surface area contributed by atoms with Gasteiger partial charge in [0.05, 0.1) is 17.2 Å². The van der Waals surface area contributed by atoms with Crippen LogP contribution in [0, 0.1) is 0 Å². The fourth-order valence-corrected chi connectivity index (χ4v) is 3.14. The van der Waals surface area contributed by atoms with Crippen molar-refractivity contribution in [2.24, 2.45) is 0 Å². The summed E-state index contributed by atoms with van der Waals surface area (Å²) in [4.78, 5) is 6.70. The normalized spacial score (nSPS) is 20.6. The van der Waals surface area contributed by atoms with Gasteiger partial charge in [-0.1, -0.05) is 0 Å². The summed E-state index contributed by atoms with van der Waals surface area (Å²) >= 11 is 6.96. The van der Waals surface area contributed by atoms with Crippen molar-refractivity contribution in [1.29, 1.82) is 0 Å². The lowest BCUT2D eigenvalue weighted by molar-refractivity contribution is 0.0418. The van der Waals surface area contributed by atoms with E-state index < -0.39 is 0 Å². The zero-order valence-electron chi connectivity index (χ0n) is 9.62. The first-order valence-corrected chi connectivity index (χ1v) is 7.11. The first kappa shape index (κ1) is 13.3. The Morgan fingerprint density at radius 3 is 3.12 bits per heavy atom. The second kappa shape index (κ2) is 6.13. The first-order valence-electron chi connectivity index (χ1n) is 5.53. The number of nitrogens with one attached hydrogen (secondary N) is 1. The van der Waals surface area contributed by atoms with Crippen LogP contribution in [0.2, 0.25) is 0 Å². The molecule has 1 aliphatic heterocycles. The molecule has 1 aromatic rings. The maximum atomic E-state index is 5.68. The topological polar surface area (TPSA) is 37.4 Å². The summed E-state index contributed by atoms with van der Waals surface area (Å²) in [6, 6.07) is 2.02. The highest BCUT2D eigenvalue weighted by atomic mass is 79.9. The van der Waals surface area contributed by atoms with Crippen LogP contribution < -0.4 is 10.2 Å². The molecule has 1 N–H and O–H groups in total. The largest absolute Gasteiger partial charge is 0.373 e. The van der Waals surface area contributed by atoms with Crippen LogP contribution in [-0.4, -0.2) is 44.4 Å². The molecule has 94 valence electrons. The van der Waals surface area contributed by atoms with Crippen LogP contribution in [0.5, 0.6) is 0 Å². The number of aromatic nitrogens is 1. The highest BCUT2D eigenvalue weighted by molar-refractivity contribution is 9.11. The van der Waals surface area contributed by atoms with Gasteiger partial charge in [-0.25, -0.2) is 4.98 Å². The van der Waals surface area contributed by atoms with Gasteiger partial charge in [0.25, 0.3) is 0 Å². The van der Waals surface area contributed by atoms with Crippen LogP contribution in [-0.2, 0) is 4.74 Å². The molecule has 0 radical (unpaired) electrons. The summed E-state index contributed by atoms with van der Waals surface area (Å²) in [5.41, 5.74) is 0. The molecule has 1 aromatic heterocycles. The Morgan fingerprint density at radius 1 is 1.59 bits per heavy atom. The lowest BCUT2D eigenvalue weighted by atomic mass is 10.2. The van der Waals surface area contributed by atoms with Gasteiger partial charge in [-0.3, -0.25) is 0 Å². The fourth-order valence-electron chi connectivity index (χ4n) is 1.90. The number of anilines is 1. The Labute approximate surface area is 118 Å². The Balaban J connectivity index is 2.10. The van der Waals surface area contributed by atoms with Crippen molar-refractivity contribution in [3.8, 4) is 0 Å². The number of hydrogen-bond acceptors (Lipinski definition) is 4. The third-order valence-electron chi connectivity index (χ3n) is 2.66. The van der Waals surface area contributed by atoms with Crippen molar-refractivity contribution in [2.75, 3.05) is 38.2 Å². The molecule has 1 fully saturated rings. The summed E-state index contributed by atoms with van der Waals surface area (Å²) in [7, 11) is 1.94. The molecule has 1 saturated heterocycles. The second-order valence-corrected chi connectivity index (χ2v) is 5.73. The molecule has 0 aromatic carbocycles. The quantitative estimate of drug-likeness (QED) is 0.890. The average molecular weight is 365 g/mol. The molecule has 4 nitrogen and oxygen atoms in total. The van der Waals surface area contributed by atoms with E-state index in [4.69, 9.17) is 4.74 Å². The fraction of sp³-hybridized carbons (Fsp3) is 0.545. The molecule has 0 spiro atoms. The number of hydrogen-bond donors (Lipinski definition) is 1. The van der Waals surface area contributed by atoms with Crippen LogP contribution in [0.1, 0.15) is 0 Å². The predicted molar refractivity (Wildman–Crippen MR) is 75.5 cm³/mol. The van der Waals surface area contributed by atoms with Gasteiger partial charge in [-0.05, 0) is 45.0 Å². The molecular weight excluding hydrogens is 350 g/mol. The summed E-state index contributed by atoms with van der Waals surface area (Å²) in [6.07, 6.45) is 2.05. The van der Waals surface area contributed by atoms with Crippen LogP contribution in [0.4, 0.5) is 5.82 Å². The van der Waals surface area contributed by atoms with E-state index >= 15 is 0 Å². The summed E-state index contributed by atoms with van der Waals surface area (Å²) in [5, 5.41) is 3.14. The Hall–Kier alpha value is -0.170. The minimum atomic E-state index is 0.228. The highest BCUT2D eigenvalue weighted by Crippen LogP contribution is 2.27. The van der Waals surface area contributed by atoms with Gasteiger partial charge in [0.1, 0.15) is 5.82 Å². The number of nitrogens with zero attached hydrogens (tertiary/aromatic N) is 2. The van der Waals surface area contributed by atoms with E-state index in [2.05, 4.69) is 47.1 Å². The van der Waals surface area contributed by atoms with E-state index in [1.165, 1.54) is 0 Å². The molecular formula is C11H15Br2N3O. The van der Waals surface area contributed by atoms with Crippen molar-refractivity contribution < 1.29 is 4.74 Å². The predicted octanol–water partition coefficient (Wildman–Crippen LogP) is 2.03. The minimum absolute atomic E-state index is 0.228. The van der Waals surface area contributed by atoms with Crippen molar-refractivity contribution in [1.82, 2.24) is 10.3 Å². The van der Waals surface area contributed by atoms with Gasteiger partial charge in [-0.2, -0.15) is 0 Å². The molecule has 1 atom stereocenters. The van der Waals surface area contributed by atoms with Gasteiger partial charge in [0.15, 0.2) is 0 Å². The Morgan fingerprint density at radius 2 is 2.41 bits per heavy atom. The first-order chi connectivity index (χ1) is 8.20. The van der Waals surface area contributed by atoms with Crippen LogP contribution in [0.15, 0.2) is 21.2 Å². The molecule has 1 unspecified atom stereocenters. The molecule has 0 aliphatic carbocycles. The summed E-state index contributed by atoms with van der Waals surface area (Å²) < 4.78 is 7.67. The number of morpholine rings is 1. The number of rotatable bonds is 3. The summed E-state index contributed by atoms with van der Waals surface area (Å²) in [6.45, 7) is 3.36. The molecule has 6 heteroatoms.